The molecule has 2 rings (SSSR count). The molecule has 0 aliphatic carbocycles. The molecule has 0 amide bonds. The number of aliphatic imine (C=N–C) groups is 1. The molecule has 0 bridgehead atoms. The molecule has 4 nitrogen and oxygen atoms in total. The van der Waals surface area contributed by atoms with Crippen molar-refractivity contribution < 1.29 is 0 Å². The van der Waals surface area contributed by atoms with Crippen LogP contribution < -0.4 is 10.6 Å². The van der Waals surface area contributed by atoms with Crippen LogP contribution in [0.4, 0.5) is 0 Å². The number of piperidine rings is 1. The predicted octanol–water partition coefficient (Wildman–Crippen LogP) is 1.43. The molecule has 2 heterocycles. The zero-order valence-electron chi connectivity index (χ0n) is 12.3. The molecule has 0 radical (unpaired) electrons. The van der Waals surface area contributed by atoms with Crippen LogP contribution in [0.5, 0.6) is 0 Å². The van der Waals surface area contributed by atoms with Gasteiger partial charge in [0, 0.05) is 24.7 Å². The minimum absolute atomic E-state index is 0.199. The largest absolute Gasteiger partial charge is 0.355 e. The van der Waals surface area contributed by atoms with Gasteiger partial charge in [-0.05, 0) is 46.1 Å². The summed E-state index contributed by atoms with van der Waals surface area (Å²) in [6.45, 7) is 13.5. The lowest BCUT2D eigenvalue weighted by atomic mass is 9.93. The summed E-state index contributed by atoms with van der Waals surface area (Å²) in [6, 6.07) is 0.477. The van der Waals surface area contributed by atoms with Crippen molar-refractivity contribution in [3.8, 4) is 0 Å². The van der Waals surface area contributed by atoms with Gasteiger partial charge in [0.05, 0.1) is 6.54 Å². The Hall–Kier alpha value is -0.770. The number of guanidine groups is 1. The van der Waals surface area contributed by atoms with E-state index >= 15 is 0 Å². The average Bonchev–Trinajstić information content (AvgIpc) is 2.73. The van der Waals surface area contributed by atoms with Gasteiger partial charge >= 0.3 is 0 Å². The Morgan fingerprint density at radius 3 is 2.83 bits per heavy atom. The second-order valence-electron chi connectivity index (χ2n) is 6.59. The highest BCUT2D eigenvalue weighted by Gasteiger charge is 2.30. The van der Waals surface area contributed by atoms with Crippen molar-refractivity contribution in [3.05, 3.63) is 0 Å². The second-order valence-corrected chi connectivity index (χ2v) is 6.59. The molecule has 0 spiro atoms. The molecule has 1 saturated heterocycles. The van der Waals surface area contributed by atoms with Crippen molar-refractivity contribution in [1.29, 1.82) is 0 Å². The third kappa shape index (κ3) is 3.37. The minimum Gasteiger partial charge on any atom is -0.355 e. The highest BCUT2D eigenvalue weighted by atomic mass is 15.3. The van der Waals surface area contributed by atoms with Crippen LogP contribution in [0, 0.1) is 5.92 Å². The number of hydrogen-bond donors (Lipinski definition) is 2. The molecule has 2 aliphatic heterocycles. The first-order valence-electron chi connectivity index (χ1n) is 7.27. The maximum absolute atomic E-state index is 4.46. The summed E-state index contributed by atoms with van der Waals surface area (Å²) in [5.41, 5.74) is 0.199. The summed E-state index contributed by atoms with van der Waals surface area (Å²) < 4.78 is 0. The molecule has 0 aromatic carbocycles. The lowest BCUT2D eigenvalue weighted by Gasteiger charge is -2.43. The molecule has 0 aromatic rings. The third-order valence-electron chi connectivity index (χ3n) is 4.11. The van der Waals surface area contributed by atoms with Gasteiger partial charge in [0.25, 0.3) is 0 Å². The van der Waals surface area contributed by atoms with E-state index in [1.165, 1.54) is 25.9 Å². The molecule has 2 unspecified atom stereocenters. The number of nitrogens with one attached hydrogen (secondary N) is 2. The van der Waals surface area contributed by atoms with E-state index in [0.717, 1.165) is 25.0 Å². The Balaban J connectivity index is 1.83. The van der Waals surface area contributed by atoms with Crippen molar-refractivity contribution >= 4 is 5.96 Å². The minimum atomic E-state index is 0.199. The van der Waals surface area contributed by atoms with E-state index in [1.807, 2.05) is 0 Å². The van der Waals surface area contributed by atoms with E-state index in [4.69, 9.17) is 0 Å². The van der Waals surface area contributed by atoms with Crippen LogP contribution >= 0.6 is 0 Å². The molecule has 0 aromatic heterocycles. The number of hydrogen-bond acceptors (Lipinski definition) is 4. The lowest BCUT2D eigenvalue weighted by molar-refractivity contribution is 0.0740. The van der Waals surface area contributed by atoms with Crippen LogP contribution in [0.2, 0.25) is 0 Å². The van der Waals surface area contributed by atoms with E-state index in [9.17, 15) is 0 Å². The van der Waals surface area contributed by atoms with E-state index in [1.54, 1.807) is 0 Å². The van der Waals surface area contributed by atoms with Gasteiger partial charge in [0.2, 0.25) is 0 Å². The van der Waals surface area contributed by atoms with Crippen molar-refractivity contribution in [2.24, 2.45) is 10.9 Å². The zero-order valence-corrected chi connectivity index (χ0v) is 12.3. The van der Waals surface area contributed by atoms with E-state index in [2.05, 4.69) is 48.2 Å². The highest BCUT2D eigenvalue weighted by Crippen LogP contribution is 2.23. The summed E-state index contributed by atoms with van der Waals surface area (Å²) in [4.78, 5) is 7.07. The van der Waals surface area contributed by atoms with Crippen molar-refractivity contribution in [1.82, 2.24) is 15.5 Å². The predicted molar refractivity (Wildman–Crippen MR) is 77.0 cm³/mol. The first-order chi connectivity index (χ1) is 8.47. The standard InChI is InChI=1S/C14H28N4/c1-11-6-5-7-18(9-11)14(3,4)10-16-13-15-8-12(2)17-13/h11-12H,5-10H2,1-4H3,(H2,15,16,17). The van der Waals surface area contributed by atoms with E-state index in [-0.39, 0.29) is 5.54 Å². The maximum atomic E-state index is 4.46. The Morgan fingerprint density at radius 2 is 2.22 bits per heavy atom. The quantitative estimate of drug-likeness (QED) is 0.798. The molecule has 2 N–H and O–H groups in total. The molecular formula is C14H28N4. The van der Waals surface area contributed by atoms with Gasteiger partial charge in [0.1, 0.15) is 0 Å². The van der Waals surface area contributed by atoms with Gasteiger partial charge in [-0.1, -0.05) is 6.92 Å². The van der Waals surface area contributed by atoms with Crippen molar-refractivity contribution in [2.75, 3.05) is 26.2 Å². The average molecular weight is 252 g/mol. The number of rotatable bonds is 3. The Bertz CT molecular complexity index is 311. The Morgan fingerprint density at radius 1 is 1.44 bits per heavy atom. The SMILES string of the molecule is CC1CCCN(C(C)(C)CNC2=NCC(C)N2)C1. The topological polar surface area (TPSA) is 39.7 Å². The first-order valence-corrected chi connectivity index (χ1v) is 7.27. The maximum Gasteiger partial charge on any atom is 0.191 e. The normalized spacial score (nSPS) is 29.9. The van der Waals surface area contributed by atoms with Gasteiger partial charge in [-0.25, -0.2) is 0 Å². The zero-order chi connectivity index (χ0) is 13.2. The summed E-state index contributed by atoms with van der Waals surface area (Å²) in [6.07, 6.45) is 2.71. The summed E-state index contributed by atoms with van der Waals surface area (Å²) >= 11 is 0. The highest BCUT2D eigenvalue weighted by molar-refractivity contribution is 5.81. The number of likely N-dealkylation sites (tertiary alicyclic amines) is 1. The Labute approximate surface area is 111 Å². The number of nitrogens with zero attached hydrogens (tertiary/aromatic N) is 2. The molecule has 4 heteroatoms. The van der Waals surface area contributed by atoms with Crippen LogP contribution in [-0.4, -0.2) is 48.6 Å². The fourth-order valence-electron chi connectivity index (χ4n) is 2.81. The summed E-state index contributed by atoms with van der Waals surface area (Å²) in [7, 11) is 0. The second kappa shape index (κ2) is 5.47. The summed E-state index contributed by atoms with van der Waals surface area (Å²) in [5.74, 6) is 1.81. The van der Waals surface area contributed by atoms with Crippen LogP contribution in [-0.2, 0) is 0 Å². The molecule has 104 valence electrons. The molecule has 0 saturated carbocycles. The Kier molecular flexibility index (Phi) is 4.15. The van der Waals surface area contributed by atoms with E-state index < -0.39 is 0 Å². The van der Waals surface area contributed by atoms with Gasteiger partial charge < -0.3 is 10.6 Å². The van der Waals surface area contributed by atoms with Crippen LogP contribution in [0.15, 0.2) is 4.99 Å². The van der Waals surface area contributed by atoms with Crippen LogP contribution in [0.25, 0.3) is 0 Å². The summed E-state index contributed by atoms with van der Waals surface area (Å²) in [5, 5.41) is 6.82. The smallest absolute Gasteiger partial charge is 0.191 e. The molecule has 2 aliphatic rings. The van der Waals surface area contributed by atoms with Gasteiger partial charge in [-0.3, -0.25) is 9.89 Å². The van der Waals surface area contributed by atoms with Crippen LogP contribution in [0.1, 0.15) is 40.5 Å². The van der Waals surface area contributed by atoms with Gasteiger partial charge in [-0.15, -0.1) is 0 Å². The first kappa shape index (κ1) is 13.7. The van der Waals surface area contributed by atoms with Crippen molar-refractivity contribution in [3.63, 3.8) is 0 Å². The molecule has 18 heavy (non-hydrogen) atoms. The van der Waals surface area contributed by atoms with Gasteiger partial charge in [-0.2, -0.15) is 0 Å². The fourth-order valence-corrected chi connectivity index (χ4v) is 2.81. The van der Waals surface area contributed by atoms with Crippen molar-refractivity contribution in [2.45, 2.75) is 52.1 Å². The van der Waals surface area contributed by atoms with Gasteiger partial charge in [0.15, 0.2) is 5.96 Å². The van der Waals surface area contributed by atoms with E-state index in [0.29, 0.717) is 6.04 Å². The fraction of sp³-hybridized carbons (Fsp3) is 0.929. The monoisotopic (exact) mass is 252 g/mol. The van der Waals surface area contributed by atoms with Crippen LogP contribution in [0.3, 0.4) is 0 Å². The lowest BCUT2D eigenvalue weighted by Crippen LogP contribution is -2.55. The third-order valence-corrected chi connectivity index (χ3v) is 4.11. The molecular weight excluding hydrogens is 224 g/mol. The molecule has 1 fully saturated rings. The molecule has 2 atom stereocenters.